The zero-order chi connectivity index (χ0) is 16.8. The van der Waals surface area contributed by atoms with Crippen LogP contribution in [0.15, 0.2) is 11.4 Å². The van der Waals surface area contributed by atoms with Crippen LogP contribution in [0.3, 0.4) is 0 Å². The van der Waals surface area contributed by atoms with Gasteiger partial charge in [0.25, 0.3) is 5.91 Å². The van der Waals surface area contributed by atoms with Crippen molar-refractivity contribution in [2.24, 2.45) is 0 Å². The van der Waals surface area contributed by atoms with Gasteiger partial charge in [-0.1, -0.05) is 0 Å². The molecular weight excluding hydrogens is 326 g/mol. The van der Waals surface area contributed by atoms with Crippen LogP contribution < -0.4 is 0 Å². The Bertz CT molecular complexity index is 798. The number of rotatable bonds is 3. The molecule has 2 amide bonds. The molecule has 0 unspecified atom stereocenters. The Hall–Kier alpha value is -2.22. The molecule has 0 saturated carbocycles. The molecule has 2 aromatic rings. The minimum absolute atomic E-state index is 0.0539. The smallest absolute Gasteiger partial charge is 0.274 e. The first kappa shape index (κ1) is 15.3. The van der Waals surface area contributed by atoms with E-state index in [0.717, 1.165) is 22.8 Å². The minimum atomic E-state index is -0.0917. The van der Waals surface area contributed by atoms with Crippen LogP contribution in [0.5, 0.6) is 0 Å². The highest BCUT2D eigenvalue weighted by molar-refractivity contribution is 7.09. The van der Waals surface area contributed by atoms with Crippen molar-refractivity contribution in [2.75, 3.05) is 6.54 Å². The van der Waals surface area contributed by atoms with Crippen LogP contribution in [0, 0.1) is 13.8 Å². The second kappa shape index (κ2) is 5.70. The summed E-state index contributed by atoms with van der Waals surface area (Å²) in [5, 5.41) is 9.87. The molecule has 2 aliphatic rings. The molecule has 2 saturated heterocycles. The van der Waals surface area contributed by atoms with E-state index in [4.69, 9.17) is 0 Å². The van der Waals surface area contributed by atoms with Gasteiger partial charge in [0, 0.05) is 24.0 Å². The fourth-order valence-electron chi connectivity index (χ4n) is 3.72. The number of H-pyrrole nitrogens is 1. The summed E-state index contributed by atoms with van der Waals surface area (Å²) in [4.78, 5) is 33.3. The average Bonchev–Trinajstić information content (AvgIpc) is 3.28. The van der Waals surface area contributed by atoms with Crippen LogP contribution in [0.4, 0.5) is 0 Å². The summed E-state index contributed by atoms with van der Waals surface area (Å²) in [5.74, 6) is 0.0114. The van der Waals surface area contributed by atoms with E-state index in [0.29, 0.717) is 25.2 Å². The summed E-state index contributed by atoms with van der Waals surface area (Å²) in [6, 6.07) is 1.78. The molecule has 0 aliphatic carbocycles. The molecule has 24 heavy (non-hydrogen) atoms. The number of aromatic nitrogens is 3. The molecule has 126 valence electrons. The summed E-state index contributed by atoms with van der Waals surface area (Å²) in [6.07, 6.45) is 1.21. The number of hydrogen-bond acceptors (Lipinski definition) is 5. The van der Waals surface area contributed by atoms with Gasteiger partial charge in [0.2, 0.25) is 5.91 Å². The summed E-state index contributed by atoms with van der Waals surface area (Å²) in [6.45, 7) is 5.03. The Balaban J connectivity index is 1.51. The maximum absolute atomic E-state index is 12.7. The van der Waals surface area contributed by atoms with Crippen molar-refractivity contribution in [3.8, 4) is 0 Å². The van der Waals surface area contributed by atoms with Gasteiger partial charge in [0.15, 0.2) is 0 Å². The Morgan fingerprint density at radius 3 is 2.92 bits per heavy atom. The zero-order valence-corrected chi connectivity index (χ0v) is 14.5. The first-order valence-electron chi connectivity index (χ1n) is 8.06. The van der Waals surface area contributed by atoms with Crippen LogP contribution >= 0.6 is 11.3 Å². The van der Waals surface area contributed by atoms with E-state index in [1.807, 2.05) is 29.0 Å². The van der Waals surface area contributed by atoms with Gasteiger partial charge < -0.3 is 9.80 Å². The van der Waals surface area contributed by atoms with Crippen molar-refractivity contribution in [3.63, 3.8) is 0 Å². The van der Waals surface area contributed by atoms with E-state index < -0.39 is 0 Å². The predicted molar refractivity (Wildman–Crippen MR) is 88.6 cm³/mol. The third-order valence-corrected chi connectivity index (χ3v) is 5.62. The van der Waals surface area contributed by atoms with Gasteiger partial charge in [0.1, 0.15) is 5.69 Å². The molecule has 0 radical (unpaired) electrons. The molecule has 0 aromatic carbocycles. The van der Waals surface area contributed by atoms with Gasteiger partial charge in [0.05, 0.1) is 29.3 Å². The fourth-order valence-corrected chi connectivity index (χ4v) is 4.32. The molecule has 0 spiro atoms. The lowest BCUT2D eigenvalue weighted by Gasteiger charge is -2.24. The number of nitrogens with one attached hydrogen (secondary N) is 1. The van der Waals surface area contributed by atoms with Crippen molar-refractivity contribution in [1.29, 1.82) is 0 Å². The Morgan fingerprint density at radius 2 is 2.25 bits per heavy atom. The molecule has 4 rings (SSSR count). The first-order valence-corrected chi connectivity index (χ1v) is 8.94. The summed E-state index contributed by atoms with van der Waals surface area (Å²) < 4.78 is 0. The molecule has 4 heterocycles. The largest absolute Gasteiger partial charge is 0.332 e. The Kier molecular flexibility index (Phi) is 3.64. The van der Waals surface area contributed by atoms with Gasteiger partial charge in [-0.3, -0.25) is 14.7 Å². The summed E-state index contributed by atoms with van der Waals surface area (Å²) in [7, 11) is 0. The second-order valence-corrected chi connectivity index (χ2v) is 7.50. The highest BCUT2D eigenvalue weighted by Crippen LogP contribution is 2.34. The summed E-state index contributed by atoms with van der Waals surface area (Å²) >= 11 is 1.59. The number of thiazole rings is 1. The van der Waals surface area contributed by atoms with E-state index in [-0.39, 0.29) is 23.9 Å². The number of carbonyl (C=O) groups is 2. The average molecular weight is 345 g/mol. The van der Waals surface area contributed by atoms with E-state index in [2.05, 4.69) is 15.2 Å². The van der Waals surface area contributed by atoms with Gasteiger partial charge in [-0.05, 0) is 26.3 Å². The SMILES string of the molecule is Cc1cc(C(=O)N2CC[C@@H]3[C@H]2CC(=O)N3Cc2csc(C)n2)n[nH]1. The third-order valence-electron chi connectivity index (χ3n) is 4.80. The molecule has 2 aromatic heterocycles. The lowest BCUT2D eigenvalue weighted by atomic mass is 10.1. The molecule has 0 bridgehead atoms. The Morgan fingerprint density at radius 1 is 1.42 bits per heavy atom. The highest BCUT2D eigenvalue weighted by atomic mass is 32.1. The van der Waals surface area contributed by atoms with Crippen LogP contribution in [0.1, 0.15) is 39.7 Å². The number of likely N-dealkylation sites (tertiary alicyclic amines) is 2. The van der Waals surface area contributed by atoms with Crippen molar-refractivity contribution < 1.29 is 9.59 Å². The molecule has 8 heteroatoms. The van der Waals surface area contributed by atoms with E-state index in [1.165, 1.54) is 0 Å². The number of fused-ring (bicyclic) bond motifs is 1. The standard InChI is InChI=1S/C16H19N5O2S/c1-9-5-12(19-18-9)16(23)20-4-3-13-14(20)6-15(22)21(13)7-11-8-24-10(2)17-11/h5,8,13-14H,3-4,6-7H2,1-2H3,(H,18,19)/t13-,14-/m1/s1. The van der Waals surface area contributed by atoms with Crippen molar-refractivity contribution in [2.45, 2.75) is 45.3 Å². The molecule has 1 N–H and O–H groups in total. The fraction of sp³-hybridized carbons (Fsp3) is 0.500. The molecule has 2 aliphatic heterocycles. The Labute approximate surface area is 143 Å². The van der Waals surface area contributed by atoms with Crippen LogP contribution in [-0.4, -0.2) is 55.4 Å². The van der Waals surface area contributed by atoms with E-state index >= 15 is 0 Å². The van der Waals surface area contributed by atoms with Gasteiger partial charge in [-0.25, -0.2) is 4.98 Å². The number of aromatic amines is 1. The third kappa shape index (κ3) is 2.50. The van der Waals surface area contributed by atoms with Crippen molar-refractivity contribution in [1.82, 2.24) is 25.0 Å². The van der Waals surface area contributed by atoms with Crippen molar-refractivity contribution in [3.05, 3.63) is 33.5 Å². The molecular formula is C16H19N5O2S. The topological polar surface area (TPSA) is 82.2 Å². The van der Waals surface area contributed by atoms with Gasteiger partial charge >= 0.3 is 0 Å². The lowest BCUT2D eigenvalue weighted by Crippen LogP contribution is -2.39. The van der Waals surface area contributed by atoms with E-state index in [1.54, 1.807) is 17.4 Å². The van der Waals surface area contributed by atoms with Crippen molar-refractivity contribution >= 4 is 23.2 Å². The second-order valence-electron chi connectivity index (χ2n) is 6.44. The molecule has 2 atom stereocenters. The maximum Gasteiger partial charge on any atom is 0.274 e. The molecule has 7 nitrogen and oxygen atoms in total. The number of hydrogen-bond donors (Lipinski definition) is 1. The minimum Gasteiger partial charge on any atom is -0.332 e. The normalized spacial score (nSPS) is 23.2. The number of aryl methyl sites for hydroxylation is 2. The lowest BCUT2D eigenvalue weighted by molar-refractivity contribution is -0.129. The van der Waals surface area contributed by atoms with Gasteiger partial charge in [-0.15, -0.1) is 11.3 Å². The maximum atomic E-state index is 12.7. The van der Waals surface area contributed by atoms with Crippen LogP contribution in [0.25, 0.3) is 0 Å². The van der Waals surface area contributed by atoms with E-state index in [9.17, 15) is 9.59 Å². The van der Waals surface area contributed by atoms with Crippen LogP contribution in [0.2, 0.25) is 0 Å². The summed E-state index contributed by atoms with van der Waals surface area (Å²) in [5.41, 5.74) is 2.21. The van der Waals surface area contributed by atoms with Crippen LogP contribution in [-0.2, 0) is 11.3 Å². The first-order chi connectivity index (χ1) is 11.5. The highest BCUT2D eigenvalue weighted by Gasteiger charge is 2.48. The zero-order valence-electron chi connectivity index (χ0n) is 13.7. The number of nitrogens with zero attached hydrogens (tertiary/aromatic N) is 4. The van der Waals surface area contributed by atoms with Gasteiger partial charge in [-0.2, -0.15) is 5.10 Å². The number of carbonyl (C=O) groups excluding carboxylic acids is 2. The monoisotopic (exact) mass is 345 g/mol. The predicted octanol–water partition coefficient (Wildman–Crippen LogP) is 1.50. The number of amides is 2. The molecule has 2 fully saturated rings. The quantitative estimate of drug-likeness (QED) is 0.914.